The molecular formula is C22H26N2O3S. The number of rotatable bonds is 7. The summed E-state index contributed by atoms with van der Waals surface area (Å²) in [5.41, 5.74) is 1.35. The first kappa shape index (κ1) is 19.2. The maximum atomic E-state index is 12.9. The predicted octanol–water partition coefficient (Wildman–Crippen LogP) is 2.76. The maximum Gasteiger partial charge on any atom is 0.262 e. The second-order valence-corrected chi connectivity index (χ2v) is 9.21. The summed E-state index contributed by atoms with van der Waals surface area (Å²) >= 11 is 1.37. The molecule has 2 amide bonds. The largest absolute Gasteiger partial charge is 0.396 e. The van der Waals surface area contributed by atoms with E-state index in [2.05, 4.69) is 10.6 Å². The molecule has 5 nitrogen and oxygen atoms in total. The lowest BCUT2D eigenvalue weighted by Crippen LogP contribution is -2.59. The van der Waals surface area contributed by atoms with Crippen LogP contribution in [0.5, 0.6) is 0 Å². The standard InChI is InChI=1S/C22H26N2O3S/c25-14-16-10-22(11-16)12-17(13-22)23-20(26)18(9-15-5-2-1-3-6-15)24-21(27)19-7-4-8-28-19/h1-8,16-18,25H,9-14H2,(H,23,26)(H,24,27). The number of carbonyl (C=O) groups excluding carboxylic acids is 2. The van der Waals surface area contributed by atoms with Gasteiger partial charge in [0, 0.05) is 19.1 Å². The number of carbonyl (C=O) groups is 2. The molecule has 0 saturated heterocycles. The van der Waals surface area contributed by atoms with Crippen molar-refractivity contribution in [3.05, 3.63) is 58.3 Å². The molecule has 1 aromatic carbocycles. The number of benzene rings is 1. The van der Waals surface area contributed by atoms with Crippen LogP contribution < -0.4 is 10.6 Å². The fourth-order valence-corrected chi connectivity index (χ4v) is 5.34. The van der Waals surface area contributed by atoms with Crippen molar-refractivity contribution in [3.8, 4) is 0 Å². The molecule has 4 rings (SSSR count). The maximum absolute atomic E-state index is 12.9. The van der Waals surface area contributed by atoms with E-state index in [4.69, 9.17) is 0 Å². The first-order valence-corrected chi connectivity index (χ1v) is 10.7. The Morgan fingerprint density at radius 1 is 1.11 bits per heavy atom. The van der Waals surface area contributed by atoms with Crippen molar-refractivity contribution in [1.82, 2.24) is 10.6 Å². The zero-order valence-electron chi connectivity index (χ0n) is 15.8. The molecule has 2 saturated carbocycles. The molecule has 0 bridgehead atoms. The van der Waals surface area contributed by atoms with Crippen LogP contribution in [-0.2, 0) is 11.2 Å². The lowest BCUT2D eigenvalue weighted by molar-refractivity contribution is -0.128. The van der Waals surface area contributed by atoms with E-state index in [0.717, 1.165) is 31.2 Å². The molecule has 1 aromatic heterocycles. The van der Waals surface area contributed by atoms with Crippen LogP contribution in [0.25, 0.3) is 0 Å². The highest BCUT2D eigenvalue weighted by molar-refractivity contribution is 7.12. The highest BCUT2D eigenvalue weighted by Gasteiger charge is 2.52. The van der Waals surface area contributed by atoms with Gasteiger partial charge < -0.3 is 15.7 Å². The molecule has 0 aliphatic heterocycles. The van der Waals surface area contributed by atoms with Crippen molar-refractivity contribution < 1.29 is 14.7 Å². The first-order valence-electron chi connectivity index (χ1n) is 9.86. The molecule has 1 heterocycles. The molecular weight excluding hydrogens is 372 g/mol. The van der Waals surface area contributed by atoms with Gasteiger partial charge >= 0.3 is 0 Å². The summed E-state index contributed by atoms with van der Waals surface area (Å²) < 4.78 is 0. The average molecular weight is 399 g/mol. The molecule has 1 unspecified atom stereocenters. The lowest BCUT2D eigenvalue weighted by atomic mass is 9.50. The zero-order valence-corrected chi connectivity index (χ0v) is 16.6. The molecule has 28 heavy (non-hydrogen) atoms. The van der Waals surface area contributed by atoms with E-state index in [9.17, 15) is 14.7 Å². The minimum atomic E-state index is -0.597. The topological polar surface area (TPSA) is 78.4 Å². The third kappa shape index (κ3) is 4.13. The minimum absolute atomic E-state index is 0.119. The fourth-order valence-electron chi connectivity index (χ4n) is 4.71. The van der Waals surface area contributed by atoms with Crippen LogP contribution in [0.4, 0.5) is 0 Å². The molecule has 3 N–H and O–H groups in total. The van der Waals surface area contributed by atoms with Crippen LogP contribution >= 0.6 is 11.3 Å². The Bertz CT molecular complexity index is 808. The van der Waals surface area contributed by atoms with Gasteiger partial charge in [0.05, 0.1) is 4.88 Å². The molecule has 1 spiro atoms. The van der Waals surface area contributed by atoms with Gasteiger partial charge in [-0.3, -0.25) is 9.59 Å². The third-order valence-electron chi connectivity index (χ3n) is 6.06. The van der Waals surface area contributed by atoms with Gasteiger partial charge in [-0.2, -0.15) is 0 Å². The van der Waals surface area contributed by atoms with E-state index in [-0.39, 0.29) is 24.5 Å². The Balaban J connectivity index is 1.37. The molecule has 0 radical (unpaired) electrons. The number of nitrogens with one attached hydrogen (secondary N) is 2. The van der Waals surface area contributed by atoms with Crippen LogP contribution in [0.3, 0.4) is 0 Å². The molecule has 2 aromatic rings. The highest BCUT2D eigenvalue weighted by atomic mass is 32.1. The van der Waals surface area contributed by atoms with E-state index in [1.54, 1.807) is 6.07 Å². The molecule has 6 heteroatoms. The smallest absolute Gasteiger partial charge is 0.262 e. The number of amides is 2. The van der Waals surface area contributed by atoms with E-state index in [1.165, 1.54) is 11.3 Å². The quantitative estimate of drug-likeness (QED) is 0.671. The van der Waals surface area contributed by atoms with E-state index in [0.29, 0.717) is 22.6 Å². The summed E-state index contributed by atoms with van der Waals surface area (Å²) in [6.45, 7) is 0.271. The van der Waals surface area contributed by atoms with Crippen molar-refractivity contribution in [3.63, 3.8) is 0 Å². The molecule has 2 fully saturated rings. The summed E-state index contributed by atoms with van der Waals surface area (Å²) in [4.78, 5) is 26.0. The lowest BCUT2D eigenvalue weighted by Gasteiger charge is -2.57. The Kier molecular flexibility index (Phi) is 5.51. The van der Waals surface area contributed by atoms with Crippen molar-refractivity contribution in [2.75, 3.05) is 6.61 Å². The monoisotopic (exact) mass is 398 g/mol. The number of thiophene rings is 1. The molecule has 148 valence electrons. The summed E-state index contributed by atoms with van der Waals surface area (Å²) in [6, 6.07) is 12.9. The van der Waals surface area contributed by atoms with E-state index < -0.39 is 6.04 Å². The molecule has 1 atom stereocenters. The minimum Gasteiger partial charge on any atom is -0.396 e. The Labute approximate surface area is 169 Å². The van der Waals surface area contributed by atoms with Gasteiger partial charge in [-0.25, -0.2) is 0 Å². The van der Waals surface area contributed by atoms with Gasteiger partial charge in [0.15, 0.2) is 0 Å². The summed E-state index contributed by atoms with van der Waals surface area (Å²) in [7, 11) is 0. The predicted molar refractivity (Wildman–Crippen MR) is 109 cm³/mol. The van der Waals surface area contributed by atoms with Crippen molar-refractivity contribution >= 4 is 23.2 Å². The third-order valence-corrected chi connectivity index (χ3v) is 6.92. The Morgan fingerprint density at radius 3 is 2.50 bits per heavy atom. The summed E-state index contributed by atoms with van der Waals surface area (Å²) in [6.07, 6.45) is 4.56. The number of hydrogen-bond donors (Lipinski definition) is 3. The SMILES string of the molecule is O=C(NC(Cc1ccccc1)C(=O)NC1CC2(CC(CO)C2)C1)c1cccs1. The second kappa shape index (κ2) is 8.05. The van der Waals surface area contributed by atoms with Crippen LogP contribution in [0.2, 0.25) is 0 Å². The number of hydrogen-bond acceptors (Lipinski definition) is 4. The van der Waals surface area contributed by atoms with Crippen molar-refractivity contribution in [1.29, 1.82) is 0 Å². The van der Waals surface area contributed by atoms with Crippen LogP contribution in [-0.4, -0.2) is 35.6 Å². The van der Waals surface area contributed by atoms with Gasteiger partial charge in [0.2, 0.25) is 5.91 Å². The van der Waals surface area contributed by atoms with Crippen molar-refractivity contribution in [2.45, 2.75) is 44.2 Å². The molecule has 2 aliphatic rings. The van der Waals surface area contributed by atoms with Gasteiger partial charge in [-0.15, -0.1) is 11.3 Å². The highest BCUT2D eigenvalue weighted by Crippen LogP contribution is 2.58. The van der Waals surface area contributed by atoms with Gasteiger partial charge in [0.25, 0.3) is 5.91 Å². The number of aliphatic hydroxyl groups is 1. The zero-order chi connectivity index (χ0) is 19.6. The summed E-state index contributed by atoms with van der Waals surface area (Å²) in [5, 5.41) is 17.1. The van der Waals surface area contributed by atoms with E-state index >= 15 is 0 Å². The van der Waals surface area contributed by atoms with Crippen LogP contribution in [0.1, 0.15) is 40.9 Å². The summed E-state index contributed by atoms with van der Waals surface area (Å²) in [5.74, 6) is 0.111. The van der Waals surface area contributed by atoms with Crippen LogP contribution in [0, 0.1) is 11.3 Å². The molecule has 2 aliphatic carbocycles. The second-order valence-electron chi connectivity index (χ2n) is 8.26. The number of aliphatic hydroxyl groups excluding tert-OH is 1. The Hall–Kier alpha value is -2.18. The average Bonchev–Trinajstić information content (AvgIpc) is 3.17. The fraction of sp³-hybridized carbons (Fsp3) is 0.455. The Morgan fingerprint density at radius 2 is 1.86 bits per heavy atom. The first-order chi connectivity index (χ1) is 13.6. The van der Waals surface area contributed by atoms with Crippen LogP contribution in [0.15, 0.2) is 47.8 Å². The van der Waals surface area contributed by atoms with Crippen molar-refractivity contribution in [2.24, 2.45) is 11.3 Å². The van der Waals surface area contributed by atoms with E-state index in [1.807, 2.05) is 41.8 Å². The normalized spacial score (nSPS) is 26.8. The van der Waals surface area contributed by atoms with Gasteiger partial charge in [-0.1, -0.05) is 36.4 Å². The van der Waals surface area contributed by atoms with Gasteiger partial charge in [-0.05, 0) is 54.0 Å². The van der Waals surface area contributed by atoms with Gasteiger partial charge in [0.1, 0.15) is 6.04 Å².